The van der Waals surface area contributed by atoms with E-state index in [1.165, 1.54) is 300 Å². The van der Waals surface area contributed by atoms with Crippen molar-refractivity contribution in [2.45, 2.75) is 297 Å². The molecule has 1 rings (SSSR count). The molecule has 0 saturated heterocycles. The highest BCUT2D eigenvalue weighted by atomic mass is 15.3. The maximum atomic E-state index is 2.43. The van der Waals surface area contributed by atoms with Crippen LogP contribution in [-0.4, -0.2) is 24.1 Å². The SMILES string of the molecule is C/C=C/CCCCCCCCCCCCCCC[N+](CCCCCCCCCCCCCCC/C=C/C)(CCCCCCCCCCCCCCC/C=C/C)Cc1ccccc1. The van der Waals surface area contributed by atoms with Gasteiger partial charge < -0.3 is 4.48 Å². The zero-order valence-corrected chi connectivity index (χ0v) is 42.8. The molecule has 0 bridgehead atoms. The lowest BCUT2D eigenvalue weighted by molar-refractivity contribution is -0.941. The first-order valence-corrected chi connectivity index (χ1v) is 28.5. The molecule has 1 aromatic rings. The fourth-order valence-corrected chi connectivity index (χ4v) is 10.0. The molecule has 0 spiro atoms. The molecule has 0 amide bonds. The Hall–Kier alpha value is -1.60. The molecule has 0 radical (unpaired) electrons. The predicted octanol–water partition coefficient (Wildman–Crippen LogP) is 21.1. The summed E-state index contributed by atoms with van der Waals surface area (Å²) in [6.07, 6.45) is 73.7. The first kappa shape index (κ1) is 58.4. The van der Waals surface area contributed by atoms with Gasteiger partial charge in [0, 0.05) is 5.56 Å². The van der Waals surface area contributed by atoms with Gasteiger partial charge in [0.1, 0.15) is 6.54 Å². The van der Waals surface area contributed by atoms with Crippen molar-refractivity contribution in [2.75, 3.05) is 19.6 Å². The van der Waals surface area contributed by atoms with E-state index in [0.29, 0.717) is 0 Å². The largest absolute Gasteiger partial charge is 0.320 e. The number of quaternary nitrogens is 1. The van der Waals surface area contributed by atoms with Crippen LogP contribution in [0.5, 0.6) is 0 Å². The topological polar surface area (TPSA) is 0 Å². The first-order valence-electron chi connectivity index (χ1n) is 28.5. The highest BCUT2D eigenvalue weighted by molar-refractivity contribution is 5.13. The van der Waals surface area contributed by atoms with Crippen molar-refractivity contribution < 1.29 is 4.48 Å². The zero-order valence-electron chi connectivity index (χ0n) is 42.8. The molecule has 0 heterocycles. The summed E-state index contributed by atoms with van der Waals surface area (Å²) in [5.41, 5.74) is 1.57. The van der Waals surface area contributed by atoms with Crippen LogP contribution in [0.25, 0.3) is 0 Å². The van der Waals surface area contributed by atoms with Gasteiger partial charge in [-0.3, -0.25) is 0 Å². The van der Waals surface area contributed by atoms with Crippen molar-refractivity contribution >= 4 is 0 Å². The van der Waals surface area contributed by atoms with Crippen molar-refractivity contribution in [1.29, 1.82) is 0 Å². The molecule has 1 aromatic carbocycles. The van der Waals surface area contributed by atoms with Crippen LogP contribution in [-0.2, 0) is 6.54 Å². The van der Waals surface area contributed by atoms with E-state index in [2.05, 4.69) is 87.6 Å². The Morgan fingerprint density at radius 1 is 0.274 bits per heavy atom. The van der Waals surface area contributed by atoms with Gasteiger partial charge in [0.05, 0.1) is 19.6 Å². The molecular formula is C61H112N+. The standard InChI is InChI=1S/C61H112N/c1-4-7-10-13-16-19-22-25-28-31-34-37-40-43-46-52-57-62(60-61-55-50-49-51-56-61,58-53-47-44-41-38-35-32-29-26-23-20-17-14-11-8-5-2)59-54-48-45-42-39-36-33-30-27-24-21-18-15-12-9-6-3/h4-9,49-51,55-56H,10-48,52-54,57-60H2,1-3H3/q+1/b7-4+,8-5+,9-6+. The van der Waals surface area contributed by atoms with Crippen LogP contribution in [0.15, 0.2) is 66.8 Å². The zero-order chi connectivity index (χ0) is 44.4. The fourth-order valence-electron chi connectivity index (χ4n) is 10.0. The average molecular weight is 860 g/mol. The summed E-state index contributed by atoms with van der Waals surface area (Å²) >= 11 is 0. The lowest BCUT2D eigenvalue weighted by Crippen LogP contribution is -2.49. The van der Waals surface area contributed by atoms with Gasteiger partial charge in [0.15, 0.2) is 0 Å². The Labute approximate surface area is 391 Å². The van der Waals surface area contributed by atoms with E-state index in [1.54, 1.807) is 5.56 Å². The Kier molecular flexibility index (Phi) is 46.0. The third-order valence-electron chi connectivity index (χ3n) is 14.1. The molecule has 0 aliphatic heterocycles. The molecule has 0 unspecified atom stereocenters. The molecule has 360 valence electrons. The summed E-state index contributed by atoms with van der Waals surface area (Å²) in [4.78, 5) is 0. The van der Waals surface area contributed by atoms with Crippen LogP contribution < -0.4 is 0 Å². The number of nitrogens with zero attached hydrogens (tertiary/aromatic N) is 1. The first-order chi connectivity index (χ1) is 30.8. The van der Waals surface area contributed by atoms with Gasteiger partial charge in [0.25, 0.3) is 0 Å². The number of unbranched alkanes of at least 4 members (excludes halogenated alkanes) is 39. The quantitative estimate of drug-likeness (QED) is 0.0348. The molecule has 1 nitrogen and oxygen atoms in total. The summed E-state index contributed by atoms with van der Waals surface area (Å²) in [5, 5.41) is 0. The second-order valence-corrected chi connectivity index (χ2v) is 20.0. The third kappa shape index (κ3) is 41.1. The van der Waals surface area contributed by atoms with Crippen LogP contribution in [0.2, 0.25) is 0 Å². The van der Waals surface area contributed by atoms with E-state index in [-0.39, 0.29) is 0 Å². The number of rotatable bonds is 50. The number of benzene rings is 1. The Morgan fingerprint density at radius 2 is 0.484 bits per heavy atom. The molecule has 62 heavy (non-hydrogen) atoms. The smallest absolute Gasteiger partial charge is 0.104 e. The minimum atomic E-state index is 1.25. The molecular weight excluding hydrogens is 747 g/mol. The van der Waals surface area contributed by atoms with E-state index in [0.717, 1.165) is 0 Å². The third-order valence-corrected chi connectivity index (χ3v) is 14.1. The van der Waals surface area contributed by atoms with Crippen LogP contribution >= 0.6 is 0 Å². The van der Waals surface area contributed by atoms with E-state index in [1.807, 2.05) is 0 Å². The highest BCUT2D eigenvalue weighted by Crippen LogP contribution is 2.23. The van der Waals surface area contributed by atoms with Crippen molar-refractivity contribution in [3.63, 3.8) is 0 Å². The van der Waals surface area contributed by atoms with Gasteiger partial charge in [-0.1, -0.05) is 259 Å². The minimum absolute atomic E-state index is 1.25. The van der Waals surface area contributed by atoms with E-state index >= 15 is 0 Å². The summed E-state index contributed by atoms with van der Waals surface area (Å²) in [6, 6.07) is 11.6. The van der Waals surface area contributed by atoms with Gasteiger partial charge in [-0.25, -0.2) is 0 Å². The van der Waals surface area contributed by atoms with Crippen LogP contribution in [0.1, 0.15) is 296 Å². The van der Waals surface area contributed by atoms with E-state index in [9.17, 15) is 0 Å². The van der Waals surface area contributed by atoms with Crippen LogP contribution in [0, 0.1) is 0 Å². The molecule has 0 saturated carbocycles. The number of allylic oxidation sites excluding steroid dienone is 6. The number of hydrogen-bond acceptors (Lipinski definition) is 0. The molecule has 0 atom stereocenters. The Bertz CT molecular complexity index is 964. The van der Waals surface area contributed by atoms with Crippen molar-refractivity contribution in [3.05, 3.63) is 72.4 Å². The lowest BCUT2D eigenvalue weighted by atomic mass is 10.0. The molecule has 0 N–H and O–H groups in total. The normalized spacial score (nSPS) is 12.3. The van der Waals surface area contributed by atoms with Gasteiger partial charge in [-0.15, -0.1) is 0 Å². The van der Waals surface area contributed by atoms with Crippen molar-refractivity contribution in [3.8, 4) is 0 Å². The summed E-state index contributed by atoms with van der Waals surface area (Å²) < 4.78 is 1.35. The Morgan fingerprint density at radius 3 is 0.710 bits per heavy atom. The summed E-state index contributed by atoms with van der Waals surface area (Å²) in [5.74, 6) is 0. The van der Waals surface area contributed by atoms with Gasteiger partial charge >= 0.3 is 0 Å². The Balaban J connectivity index is 2.46. The highest BCUT2D eigenvalue weighted by Gasteiger charge is 2.26. The predicted molar refractivity (Wildman–Crippen MR) is 283 cm³/mol. The van der Waals surface area contributed by atoms with Crippen molar-refractivity contribution in [1.82, 2.24) is 0 Å². The maximum absolute atomic E-state index is 2.43. The molecule has 0 aliphatic rings. The molecule has 1 heteroatoms. The van der Waals surface area contributed by atoms with E-state index < -0.39 is 0 Å². The van der Waals surface area contributed by atoms with Crippen LogP contribution in [0.4, 0.5) is 0 Å². The summed E-state index contributed by atoms with van der Waals surface area (Å²) in [6.45, 7) is 11.9. The average Bonchev–Trinajstić information content (AvgIpc) is 3.29. The van der Waals surface area contributed by atoms with E-state index in [4.69, 9.17) is 0 Å². The van der Waals surface area contributed by atoms with Gasteiger partial charge in [-0.05, 0) is 97.8 Å². The minimum Gasteiger partial charge on any atom is -0.320 e. The van der Waals surface area contributed by atoms with Gasteiger partial charge in [-0.2, -0.15) is 0 Å². The lowest BCUT2D eigenvalue weighted by Gasteiger charge is -2.39. The monoisotopic (exact) mass is 859 g/mol. The maximum Gasteiger partial charge on any atom is 0.104 e. The molecule has 0 aromatic heterocycles. The van der Waals surface area contributed by atoms with Gasteiger partial charge in [0.2, 0.25) is 0 Å². The molecule has 0 fully saturated rings. The summed E-state index contributed by atoms with van der Waals surface area (Å²) in [7, 11) is 0. The second-order valence-electron chi connectivity index (χ2n) is 20.0. The van der Waals surface area contributed by atoms with Crippen LogP contribution in [0.3, 0.4) is 0 Å². The fraction of sp³-hybridized carbons (Fsp3) is 0.803. The molecule has 0 aliphatic carbocycles. The number of hydrogen-bond donors (Lipinski definition) is 0. The second kappa shape index (κ2) is 48.8. The van der Waals surface area contributed by atoms with Crippen molar-refractivity contribution in [2.24, 2.45) is 0 Å².